The van der Waals surface area contributed by atoms with Crippen LogP contribution in [0.1, 0.15) is 37.3 Å². The van der Waals surface area contributed by atoms with E-state index in [1.807, 2.05) is 26.0 Å². The van der Waals surface area contributed by atoms with Crippen LogP contribution >= 0.6 is 0 Å². The van der Waals surface area contributed by atoms with Crippen molar-refractivity contribution in [3.05, 3.63) is 45.5 Å². The number of hydrogen-bond donors (Lipinski definition) is 0. The van der Waals surface area contributed by atoms with Gasteiger partial charge in [-0.05, 0) is 36.5 Å². The molecule has 0 saturated carbocycles. The van der Waals surface area contributed by atoms with Gasteiger partial charge in [-0.15, -0.1) is 0 Å². The van der Waals surface area contributed by atoms with Crippen molar-refractivity contribution in [2.45, 2.75) is 33.1 Å². The number of nitro benzene ring substituents is 1. The molecule has 2 rings (SSSR count). The Morgan fingerprint density at radius 2 is 2.17 bits per heavy atom. The van der Waals surface area contributed by atoms with E-state index in [9.17, 15) is 14.9 Å². The van der Waals surface area contributed by atoms with Crippen molar-refractivity contribution in [3.63, 3.8) is 0 Å². The number of nitrogens with zero attached hydrogens (tertiary/aromatic N) is 2. The number of hydrogen-bond acceptors (Lipinski definition) is 4. The van der Waals surface area contributed by atoms with Gasteiger partial charge in [-0.1, -0.05) is 25.5 Å². The number of aryl methyl sites for hydroxylation is 1. The molecule has 0 bridgehead atoms. The van der Waals surface area contributed by atoms with Gasteiger partial charge in [0.15, 0.2) is 0 Å². The van der Waals surface area contributed by atoms with Crippen molar-refractivity contribution in [3.8, 4) is 0 Å². The van der Waals surface area contributed by atoms with Gasteiger partial charge in [0.05, 0.1) is 11.5 Å². The molecule has 0 spiro atoms. The lowest BCUT2D eigenvalue weighted by molar-refractivity contribution is -0.384. The van der Waals surface area contributed by atoms with E-state index in [1.165, 1.54) is 0 Å². The summed E-state index contributed by atoms with van der Waals surface area (Å²) in [6.07, 6.45) is 4.19. The highest BCUT2D eigenvalue weighted by Gasteiger charge is 2.20. The molecule has 0 N–H and O–H groups in total. The van der Waals surface area contributed by atoms with Crippen LogP contribution in [0.4, 0.5) is 10.5 Å². The van der Waals surface area contributed by atoms with Gasteiger partial charge in [0, 0.05) is 25.2 Å². The first-order valence-corrected chi connectivity index (χ1v) is 7.88. The minimum absolute atomic E-state index is 0.0994. The highest BCUT2D eigenvalue weighted by molar-refractivity contribution is 5.73. The largest absolute Gasteiger partial charge is 0.449 e. The van der Waals surface area contributed by atoms with Gasteiger partial charge in [-0.3, -0.25) is 10.1 Å². The number of nitro groups is 1. The standard InChI is InChI=1S/C17H22N2O4/c1-3-4-9-23-17(20)18-7-5-14(6-8-18)15-10-13(2)11-16(12-15)19(21)22/h5,10-12H,3-4,6-9H2,1-2H3. The second-order valence-electron chi connectivity index (χ2n) is 5.71. The fourth-order valence-corrected chi connectivity index (χ4v) is 2.55. The summed E-state index contributed by atoms with van der Waals surface area (Å²) < 4.78 is 5.20. The lowest BCUT2D eigenvalue weighted by atomic mass is 9.97. The van der Waals surface area contributed by atoms with Crippen LogP contribution in [0, 0.1) is 17.0 Å². The molecule has 0 radical (unpaired) electrons. The summed E-state index contributed by atoms with van der Waals surface area (Å²) in [6, 6.07) is 5.09. The third kappa shape index (κ3) is 4.55. The smallest absolute Gasteiger partial charge is 0.410 e. The van der Waals surface area contributed by atoms with E-state index < -0.39 is 0 Å². The highest BCUT2D eigenvalue weighted by Crippen LogP contribution is 2.27. The summed E-state index contributed by atoms with van der Waals surface area (Å²) >= 11 is 0. The molecular weight excluding hydrogens is 296 g/mol. The summed E-state index contributed by atoms with van der Waals surface area (Å²) in [7, 11) is 0. The Hall–Kier alpha value is -2.37. The minimum Gasteiger partial charge on any atom is -0.449 e. The average molecular weight is 318 g/mol. The number of non-ortho nitro benzene ring substituents is 1. The molecular formula is C17H22N2O4. The van der Waals surface area contributed by atoms with Crippen LogP contribution in [0.15, 0.2) is 24.3 Å². The predicted molar refractivity (Wildman–Crippen MR) is 88.3 cm³/mol. The summed E-state index contributed by atoms with van der Waals surface area (Å²) in [6.45, 7) is 5.38. The van der Waals surface area contributed by atoms with E-state index in [2.05, 4.69) is 0 Å². The van der Waals surface area contributed by atoms with Gasteiger partial charge >= 0.3 is 6.09 Å². The molecule has 0 unspecified atom stereocenters. The molecule has 0 aliphatic carbocycles. The Labute approximate surface area is 135 Å². The number of rotatable bonds is 5. The zero-order chi connectivity index (χ0) is 16.8. The maximum Gasteiger partial charge on any atom is 0.410 e. The molecule has 1 aromatic carbocycles. The van der Waals surface area contributed by atoms with Gasteiger partial charge < -0.3 is 9.64 Å². The average Bonchev–Trinajstić information content (AvgIpc) is 2.54. The topological polar surface area (TPSA) is 72.7 Å². The summed E-state index contributed by atoms with van der Waals surface area (Å²) in [4.78, 5) is 24.1. The Kier molecular flexibility index (Phi) is 5.73. The van der Waals surface area contributed by atoms with Crippen molar-refractivity contribution in [1.29, 1.82) is 0 Å². The normalized spacial score (nSPS) is 14.3. The monoisotopic (exact) mass is 318 g/mol. The van der Waals surface area contributed by atoms with Gasteiger partial charge in [0.2, 0.25) is 0 Å². The van der Waals surface area contributed by atoms with Crippen LogP contribution < -0.4 is 0 Å². The summed E-state index contributed by atoms with van der Waals surface area (Å²) in [5, 5.41) is 11.0. The molecule has 23 heavy (non-hydrogen) atoms. The first kappa shape index (κ1) is 17.0. The highest BCUT2D eigenvalue weighted by atomic mass is 16.6. The third-order valence-corrected chi connectivity index (χ3v) is 3.83. The second-order valence-corrected chi connectivity index (χ2v) is 5.71. The number of amides is 1. The van der Waals surface area contributed by atoms with Crippen molar-refractivity contribution in [2.75, 3.05) is 19.7 Å². The van der Waals surface area contributed by atoms with Crippen molar-refractivity contribution < 1.29 is 14.5 Å². The zero-order valence-corrected chi connectivity index (χ0v) is 13.6. The lowest BCUT2D eigenvalue weighted by Gasteiger charge is -2.26. The molecule has 1 heterocycles. The molecule has 6 nitrogen and oxygen atoms in total. The maximum absolute atomic E-state index is 11.9. The maximum atomic E-state index is 11.9. The Balaban J connectivity index is 2.04. The molecule has 1 aliphatic rings. The molecule has 6 heteroatoms. The lowest BCUT2D eigenvalue weighted by Crippen LogP contribution is -2.35. The van der Waals surface area contributed by atoms with Crippen molar-refractivity contribution >= 4 is 17.4 Å². The fourth-order valence-electron chi connectivity index (χ4n) is 2.55. The summed E-state index contributed by atoms with van der Waals surface area (Å²) in [5.41, 5.74) is 2.85. The molecule has 0 fully saturated rings. The van der Waals surface area contributed by atoms with Crippen LogP contribution in [-0.4, -0.2) is 35.6 Å². The van der Waals surface area contributed by atoms with Crippen molar-refractivity contribution in [2.24, 2.45) is 0 Å². The number of benzene rings is 1. The molecule has 0 atom stereocenters. The van der Waals surface area contributed by atoms with E-state index in [1.54, 1.807) is 17.0 Å². The number of carbonyl (C=O) groups excluding carboxylic acids is 1. The fraction of sp³-hybridized carbons (Fsp3) is 0.471. The predicted octanol–water partition coefficient (Wildman–Crippen LogP) is 3.93. The van der Waals surface area contributed by atoms with Crippen LogP contribution in [0.3, 0.4) is 0 Å². The minimum atomic E-state index is -0.378. The first-order valence-electron chi connectivity index (χ1n) is 7.88. The summed E-state index contributed by atoms with van der Waals surface area (Å²) in [5.74, 6) is 0. The van der Waals surface area contributed by atoms with Gasteiger partial charge in [-0.25, -0.2) is 4.79 Å². The second kappa shape index (κ2) is 7.76. The molecule has 1 aromatic rings. The molecule has 1 aliphatic heterocycles. The van der Waals surface area contributed by atoms with E-state index in [-0.39, 0.29) is 16.7 Å². The molecule has 124 valence electrons. The van der Waals surface area contributed by atoms with Gasteiger partial charge in [-0.2, -0.15) is 0 Å². The van der Waals surface area contributed by atoms with E-state index >= 15 is 0 Å². The SMILES string of the molecule is CCCCOC(=O)N1CC=C(c2cc(C)cc([N+](=O)[O-])c2)CC1. The first-order chi connectivity index (χ1) is 11.0. The molecule has 0 aromatic heterocycles. The third-order valence-electron chi connectivity index (χ3n) is 3.83. The number of carbonyl (C=O) groups is 1. The van der Waals surface area contributed by atoms with Crippen LogP contribution in [0.2, 0.25) is 0 Å². The Morgan fingerprint density at radius 3 is 2.78 bits per heavy atom. The Bertz CT molecular complexity index is 625. The van der Waals surface area contributed by atoms with Gasteiger partial charge in [0.25, 0.3) is 5.69 Å². The van der Waals surface area contributed by atoms with E-state index in [4.69, 9.17) is 4.74 Å². The van der Waals surface area contributed by atoms with Crippen LogP contribution in [0.5, 0.6) is 0 Å². The van der Waals surface area contributed by atoms with E-state index in [0.717, 1.165) is 29.5 Å². The van der Waals surface area contributed by atoms with Crippen LogP contribution in [-0.2, 0) is 4.74 Å². The van der Waals surface area contributed by atoms with Crippen molar-refractivity contribution in [1.82, 2.24) is 4.90 Å². The zero-order valence-electron chi connectivity index (χ0n) is 13.6. The van der Waals surface area contributed by atoms with Gasteiger partial charge in [0.1, 0.15) is 0 Å². The number of unbranched alkanes of at least 4 members (excludes halogenated alkanes) is 1. The number of ether oxygens (including phenoxy) is 1. The van der Waals surface area contributed by atoms with Crippen LogP contribution in [0.25, 0.3) is 5.57 Å². The Morgan fingerprint density at radius 1 is 1.39 bits per heavy atom. The van der Waals surface area contributed by atoms with E-state index in [0.29, 0.717) is 26.1 Å². The quantitative estimate of drug-likeness (QED) is 0.468. The molecule has 1 amide bonds. The molecule has 0 saturated heterocycles.